The highest BCUT2D eigenvalue weighted by Gasteiger charge is 2.50. The maximum atomic E-state index is 12.0. The monoisotopic (exact) mass is 1190 g/mol. The first kappa shape index (κ1) is 60.8. The number of para-hydroxylation sites is 4. The van der Waals surface area contributed by atoms with E-state index in [-0.39, 0.29) is 24.4 Å². The second kappa shape index (κ2) is 25.6. The number of hydrogen-bond acceptors (Lipinski definition) is 12. The van der Waals surface area contributed by atoms with Crippen molar-refractivity contribution in [1.29, 1.82) is 0 Å². The Morgan fingerprint density at radius 1 is 0.460 bits per heavy atom. The molecular formula is C71H94N8O8. The number of anilines is 4. The standard InChI is InChI=1S/C20H26N2O2.C19H24N2O2.C18H26N2O2.C14H18N2O2/c1-19(2)9-7-15(8-10-19)22-13-11-20(12-14-22)16-5-3-4-6-17(16)21-18(23)24-20;22-18-20-16-4-2-1-3-15(16)19(23-18)7-9-21(10-8-19)17-12-13-5-6-14(17)11-13;1-3-14(4-2)13-20-11-9-18(10-12-20)15-7-5-6-8-16(15)19-17(21)22-18;1-2-16-9-7-14(8-10-16)11-5-3-4-6-12(11)15-13(17)18-14/h3-7,9,15H,8,10-14H2,1-2H3,(H,21,23);1-4,13-14,17H,5-12H2,(H,20,22);5-8,14H,3-4,9-13H2,1-2H3,(H,19,21);3-6H,2,7-10H2,1H3,(H,15,17)/t;13-,14+,17-;;/m.1../s1. The summed E-state index contributed by atoms with van der Waals surface area (Å²) in [6, 6.07) is 33.5. The Morgan fingerprint density at radius 2 is 0.839 bits per heavy atom. The number of hydrogen-bond donors (Lipinski definition) is 4. The van der Waals surface area contributed by atoms with Crippen LogP contribution in [0, 0.1) is 23.2 Å². The molecule has 16 nitrogen and oxygen atoms in total. The first-order chi connectivity index (χ1) is 42.1. The van der Waals surface area contributed by atoms with Crippen LogP contribution in [-0.4, -0.2) is 122 Å². The van der Waals surface area contributed by atoms with Crippen LogP contribution in [0.1, 0.15) is 160 Å². The van der Waals surface area contributed by atoms with Gasteiger partial charge in [0.25, 0.3) is 0 Å². The summed E-state index contributed by atoms with van der Waals surface area (Å²) < 4.78 is 23.1. The van der Waals surface area contributed by atoms with Gasteiger partial charge in [0, 0.05) is 145 Å². The minimum absolute atomic E-state index is 0.294. The number of nitrogens with one attached hydrogen (secondary N) is 4. The second-order valence-corrected chi connectivity index (χ2v) is 27.4. The zero-order valence-electron chi connectivity index (χ0n) is 52.2. The van der Waals surface area contributed by atoms with Crippen LogP contribution < -0.4 is 21.3 Å². The Kier molecular flexibility index (Phi) is 17.9. The average molecular weight is 1190 g/mol. The Bertz CT molecular complexity index is 3130. The van der Waals surface area contributed by atoms with Crippen molar-refractivity contribution in [3.8, 4) is 0 Å². The van der Waals surface area contributed by atoms with Gasteiger partial charge in [-0.2, -0.15) is 0 Å². The molecule has 0 radical (unpaired) electrons. The van der Waals surface area contributed by atoms with Gasteiger partial charge in [-0.25, -0.2) is 19.2 Å². The van der Waals surface area contributed by atoms with E-state index < -0.39 is 22.4 Å². The number of allylic oxidation sites excluding steroid dienone is 1. The number of carbonyl (C=O) groups is 4. The fraction of sp³-hybridized carbons (Fsp3) is 0.577. The van der Waals surface area contributed by atoms with Gasteiger partial charge in [-0.15, -0.1) is 0 Å². The van der Waals surface area contributed by atoms with Gasteiger partial charge in [-0.1, -0.05) is 139 Å². The maximum absolute atomic E-state index is 12.0. The molecule has 11 aliphatic rings. The third-order valence-corrected chi connectivity index (χ3v) is 21.9. The van der Waals surface area contributed by atoms with Crippen molar-refractivity contribution in [2.75, 3.05) is 86.7 Å². The van der Waals surface area contributed by atoms with Crippen LogP contribution in [0.5, 0.6) is 0 Å². The molecule has 2 saturated carbocycles. The molecule has 1 unspecified atom stereocenters. The number of likely N-dealkylation sites (tertiary alicyclic amines) is 4. The SMILES string of the molecule is CC1(C)C=CC(N2CCC3(CC2)OC(=O)Nc2ccccc23)CC1.CCC(CC)CN1CCC2(CC1)OC(=O)Nc1ccccc12.CCN1CCC2(CC1)OC(=O)Nc1ccccc12.O=C1Nc2ccccc2C2(CCN([C@@H]3C[C@@H]4CC[C@H]3C4)CC2)O1. The van der Waals surface area contributed by atoms with E-state index >= 15 is 0 Å². The molecule has 15 rings (SSSR count). The van der Waals surface area contributed by atoms with E-state index in [1.54, 1.807) is 0 Å². The van der Waals surface area contributed by atoms with Crippen LogP contribution in [0.4, 0.5) is 41.9 Å². The van der Waals surface area contributed by atoms with Crippen LogP contribution >= 0.6 is 0 Å². The zero-order valence-corrected chi connectivity index (χ0v) is 52.2. The first-order valence-electron chi connectivity index (χ1n) is 33.1. The Hall–Kier alpha value is -6.46. The highest BCUT2D eigenvalue weighted by atomic mass is 16.6. The number of nitrogens with zero attached hydrogens (tertiary/aromatic N) is 4. The van der Waals surface area contributed by atoms with E-state index in [1.165, 1.54) is 51.4 Å². The van der Waals surface area contributed by atoms with Crippen molar-refractivity contribution < 1.29 is 38.1 Å². The van der Waals surface area contributed by atoms with Crippen molar-refractivity contribution in [1.82, 2.24) is 19.6 Å². The molecule has 87 heavy (non-hydrogen) atoms. The van der Waals surface area contributed by atoms with Crippen LogP contribution in [0.3, 0.4) is 0 Å². The number of benzene rings is 4. The van der Waals surface area contributed by atoms with Crippen molar-refractivity contribution in [2.24, 2.45) is 23.2 Å². The summed E-state index contributed by atoms with van der Waals surface area (Å²) in [4.78, 5) is 57.8. The molecule has 0 aromatic heterocycles. The minimum atomic E-state index is -0.451. The summed E-state index contributed by atoms with van der Waals surface area (Å²) in [5.74, 6) is 2.69. The summed E-state index contributed by atoms with van der Waals surface area (Å²) in [5.41, 5.74) is 6.82. The molecular weight excluding hydrogens is 1090 g/mol. The number of amides is 4. The normalized spacial score (nSPS) is 26.8. The molecule has 4 saturated heterocycles. The molecule has 4 N–H and O–H groups in total. The number of fused-ring (bicyclic) bond motifs is 10. The highest BCUT2D eigenvalue weighted by molar-refractivity contribution is 5.91. The fourth-order valence-corrected chi connectivity index (χ4v) is 16.6. The van der Waals surface area contributed by atoms with Crippen molar-refractivity contribution >= 4 is 47.1 Å². The van der Waals surface area contributed by atoms with E-state index in [0.717, 1.165) is 186 Å². The Balaban J connectivity index is 0.000000114. The van der Waals surface area contributed by atoms with Gasteiger partial charge in [0.05, 0.1) is 22.7 Å². The average Bonchev–Trinajstić information content (AvgIpc) is 2.44. The van der Waals surface area contributed by atoms with Gasteiger partial charge >= 0.3 is 24.4 Å². The smallest absolute Gasteiger partial charge is 0.412 e. The van der Waals surface area contributed by atoms with Crippen molar-refractivity contribution in [2.45, 2.75) is 172 Å². The summed E-state index contributed by atoms with van der Waals surface area (Å²) in [6.45, 7) is 21.5. The van der Waals surface area contributed by atoms with Gasteiger partial charge < -0.3 is 28.7 Å². The summed E-state index contributed by atoms with van der Waals surface area (Å²) in [7, 11) is 0. The molecule has 4 aromatic rings. The lowest BCUT2D eigenvalue weighted by molar-refractivity contribution is -0.0504. The number of piperidine rings is 4. The number of rotatable bonds is 7. The molecule has 16 heteroatoms. The summed E-state index contributed by atoms with van der Waals surface area (Å²) in [6.07, 6.45) is 21.3. The predicted molar refractivity (Wildman–Crippen MR) is 341 cm³/mol. The molecule has 4 atom stereocenters. The molecule has 8 heterocycles. The second-order valence-electron chi connectivity index (χ2n) is 27.4. The Labute approximate surface area is 515 Å². The largest absolute Gasteiger partial charge is 0.438 e. The fourth-order valence-electron chi connectivity index (χ4n) is 16.6. The topological polar surface area (TPSA) is 166 Å². The molecule has 3 aliphatic carbocycles. The summed E-state index contributed by atoms with van der Waals surface area (Å²) >= 11 is 0. The van der Waals surface area contributed by atoms with E-state index in [1.807, 2.05) is 72.8 Å². The van der Waals surface area contributed by atoms with Gasteiger partial charge in [0.15, 0.2) is 0 Å². The molecule has 466 valence electrons. The number of ether oxygens (including phenoxy) is 4. The molecule has 6 fully saturated rings. The third-order valence-electron chi connectivity index (χ3n) is 21.9. The van der Waals surface area contributed by atoms with Crippen molar-refractivity contribution in [3.05, 3.63) is 131 Å². The molecule has 8 aliphatic heterocycles. The molecule has 4 amide bonds. The van der Waals surface area contributed by atoms with E-state index in [0.29, 0.717) is 11.5 Å². The van der Waals surface area contributed by atoms with E-state index in [2.05, 4.69) is 112 Å². The minimum Gasteiger partial charge on any atom is -0.438 e. The van der Waals surface area contributed by atoms with Gasteiger partial charge in [0.1, 0.15) is 22.4 Å². The highest BCUT2D eigenvalue weighted by Crippen LogP contribution is 2.51. The van der Waals surface area contributed by atoms with Gasteiger partial charge in [-0.05, 0) is 86.1 Å². The van der Waals surface area contributed by atoms with Crippen molar-refractivity contribution in [3.63, 3.8) is 0 Å². The quantitative estimate of drug-likeness (QED) is 0.102. The Morgan fingerprint density at radius 3 is 1.18 bits per heavy atom. The maximum Gasteiger partial charge on any atom is 0.412 e. The molecule has 2 bridgehead atoms. The zero-order chi connectivity index (χ0) is 60.4. The van der Waals surface area contributed by atoms with Crippen LogP contribution in [-0.2, 0) is 41.4 Å². The van der Waals surface area contributed by atoms with Crippen LogP contribution in [0.25, 0.3) is 0 Å². The third kappa shape index (κ3) is 12.9. The lowest BCUT2D eigenvalue weighted by Gasteiger charge is -2.46. The number of carbonyl (C=O) groups excluding carboxylic acids is 4. The first-order valence-corrected chi connectivity index (χ1v) is 33.1. The van der Waals surface area contributed by atoms with Crippen LogP contribution in [0.2, 0.25) is 0 Å². The van der Waals surface area contributed by atoms with Gasteiger partial charge in [0.2, 0.25) is 0 Å². The summed E-state index contributed by atoms with van der Waals surface area (Å²) in [5, 5.41) is 11.3. The lowest BCUT2D eigenvalue weighted by atomic mass is 9.79. The van der Waals surface area contributed by atoms with Crippen LogP contribution in [0.15, 0.2) is 109 Å². The lowest BCUT2D eigenvalue weighted by Crippen LogP contribution is -2.51. The van der Waals surface area contributed by atoms with Gasteiger partial charge in [-0.3, -0.25) is 31.1 Å². The predicted octanol–water partition coefficient (Wildman–Crippen LogP) is 14.5. The molecule has 4 aromatic carbocycles. The van der Waals surface area contributed by atoms with E-state index in [4.69, 9.17) is 18.9 Å². The van der Waals surface area contributed by atoms with E-state index in [9.17, 15) is 19.2 Å². The molecule has 4 spiro atoms.